The highest BCUT2D eigenvalue weighted by molar-refractivity contribution is 7.91. The molecule has 1 N–H and O–H groups in total. The molecule has 0 aliphatic carbocycles. The number of sulfone groups is 1. The number of hydrogen-bond donors (Lipinski definition) is 1. The van der Waals surface area contributed by atoms with Gasteiger partial charge in [-0.3, -0.25) is 4.79 Å². The Labute approximate surface area is 119 Å². The van der Waals surface area contributed by atoms with Crippen molar-refractivity contribution in [1.29, 1.82) is 0 Å². The first kappa shape index (κ1) is 13.4. The molecule has 21 heavy (non-hydrogen) atoms. The molecule has 0 saturated carbocycles. The molecule has 3 aromatic rings. The van der Waals surface area contributed by atoms with Crippen LogP contribution in [0.1, 0.15) is 0 Å². The minimum Gasteiger partial charge on any atom is -0.267 e. The van der Waals surface area contributed by atoms with E-state index in [1.807, 2.05) is 0 Å². The van der Waals surface area contributed by atoms with Gasteiger partial charge in [0.1, 0.15) is 10.7 Å². The summed E-state index contributed by atoms with van der Waals surface area (Å²) in [6.45, 7) is 0. The predicted octanol–water partition coefficient (Wildman–Crippen LogP) is 1.90. The van der Waals surface area contributed by atoms with Crippen LogP contribution in [0.3, 0.4) is 0 Å². The molecule has 3 rings (SSSR count). The summed E-state index contributed by atoms with van der Waals surface area (Å²) in [5, 5.41) is 6.06. The molecule has 1 heterocycles. The first-order valence-electron chi connectivity index (χ1n) is 5.97. The minimum absolute atomic E-state index is 0.0129. The standard InChI is InChI=1S/C14H9FN2O3S/c15-12-7-11-9(8-16-17-14(11)18)6-13(12)21(19,20)10-4-2-1-3-5-10/h1-8H,(H,17,18). The maximum Gasteiger partial charge on any atom is 0.272 e. The van der Waals surface area contributed by atoms with E-state index in [1.165, 1.54) is 18.3 Å². The Balaban J connectivity index is 2.31. The summed E-state index contributed by atoms with van der Waals surface area (Å²) in [6, 6.07) is 9.57. The van der Waals surface area contributed by atoms with Gasteiger partial charge in [0.25, 0.3) is 5.56 Å². The van der Waals surface area contributed by atoms with Crippen LogP contribution in [-0.4, -0.2) is 18.6 Å². The van der Waals surface area contributed by atoms with Gasteiger partial charge < -0.3 is 0 Å². The first-order valence-corrected chi connectivity index (χ1v) is 7.45. The lowest BCUT2D eigenvalue weighted by atomic mass is 10.2. The van der Waals surface area contributed by atoms with Crippen molar-refractivity contribution >= 4 is 20.6 Å². The third-order valence-electron chi connectivity index (χ3n) is 3.06. The number of aromatic nitrogens is 2. The summed E-state index contributed by atoms with van der Waals surface area (Å²) in [4.78, 5) is 11.0. The second kappa shape index (κ2) is 4.78. The van der Waals surface area contributed by atoms with Crippen LogP contribution >= 0.6 is 0 Å². The Hall–Kier alpha value is -2.54. The summed E-state index contributed by atoms with van der Waals surface area (Å²) >= 11 is 0. The second-order valence-corrected chi connectivity index (χ2v) is 6.30. The lowest BCUT2D eigenvalue weighted by Gasteiger charge is -2.07. The van der Waals surface area contributed by atoms with Gasteiger partial charge >= 0.3 is 0 Å². The average molecular weight is 304 g/mol. The number of rotatable bonds is 2. The van der Waals surface area contributed by atoms with E-state index < -0.39 is 26.1 Å². The van der Waals surface area contributed by atoms with Crippen LogP contribution in [-0.2, 0) is 9.84 Å². The molecule has 5 nitrogen and oxygen atoms in total. The number of nitrogens with zero attached hydrogens (tertiary/aromatic N) is 1. The molecule has 106 valence electrons. The highest BCUT2D eigenvalue weighted by Crippen LogP contribution is 2.26. The smallest absolute Gasteiger partial charge is 0.267 e. The first-order chi connectivity index (χ1) is 10.00. The van der Waals surface area contributed by atoms with E-state index in [0.717, 1.165) is 12.1 Å². The molecule has 0 aliphatic rings. The molecular weight excluding hydrogens is 295 g/mol. The number of nitrogens with one attached hydrogen (secondary N) is 1. The largest absolute Gasteiger partial charge is 0.272 e. The van der Waals surface area contributed by atoms with Gasteiger partial charge in [0.15, 0.2) is 0 Å². The fourth-order valence-corrected chi connectivity index (χ4v) is 3.39. The molecule has 1 aromatic heterocycles. The predicted molar refractivity (Wildman–Crippen MR) is 74.2 cm³/mol. The van der Waals surface area contributed by atoms with Crippen LogP contribution in [0.4, 0.5) is 4.39 Å². The van der Waals surface area contributed by atoms with Gasteiger partial charge in [-0.05, 0) is 24.3 Å². The van der Waals surface area contributed by atoms with Crippen molar-refractivity contribution in [3.05, 3.63) is 64.8 Å². The topological polar surface area (TPSA) is 79.9 Å². The van der Waals surface area contributed by atoms with E-state index in [0.29, 0.717) is 0 Å². The van der Waals surface area contributed by atoms with Crippen molar-refractivity contribution in [2.75, 3.05) is 0 Å². The van der Waals surface area contributed by atoms with Crippen LogP contribution in [0.2, 0.25) is 0 Å². The summed E-state index contributed by atoms with van der Waals surface area (Å²) in [6.07, 6.45) is 1.28. The SMILES string of the molecule is O=c1[nH]ncc2cc(S(=O)(=O)c3ccccc3)c(F)cc12. The van der Waals surface area contributed by atoms with E-state index in [2.05, 4.69) is 10.2 Å². The van der Waals surface area contributed by atoms with Gasteiger partial charge in [-0.25, -0.2) is 17.9 Å². The van der Waals surface area contributed by atoms with Crippen molar-refractivity contribution in [1.82, 2.24) is 10.2 Å². The third-order valence-corrected chi connectivity index (χ3v) is 4.85. The Bertz CT molecular complexity index is 982. The molecule has 0 radical (unpaired) electrons. The van der Waals surface area contributed by atoms with Gasteiger partial charge in [0.2, 0.25) is 9.84 Å². The van der Waals surface area contributed by atoms with Crippen LogP contribution in [0.15, 0.2) is 63.2 Å². The number of aromatic amines is 1. The summed E-state index contributed by atoms with van der Waals surface area (Å²) in [5.74, 6) is -0.969. The molecule has 0 bridgehead atoms. The fraction of sp³-hybridized carbons (Fsp3) is 0. The zero-order valence-electron chi connectivity index (χ0n) is 10.6. The fourth-order valence-electron chi connectivity index (χ4n) is 2.03. The zero-order chi connectivity index (χ0) is 15.0. The van der Waals surface area contributed by atoms with E-state index in [4.69, 9.17) is 0 Å². The maximum atomic E-state index is 14.1. The number of fused-ring (bicyclic) bond motifs is 1. The lowest BCUT2D eigenvalue weighted by molar-refractivity contribution is 0.568. The van der Waals surface area contributed by atoms with E-state index >= 15 is 0 Å². The van der Waals surface area contributed by atoms with Crippen molar-refractivity contribution < 1.29 is 12.8 Å². The van der Waals surface area contributed by atoms with Crippen LogP contribution < -0.4 is 5.56 Å². The summed E-state index contributed by atoms with van der Waals surface area (Å²) in [7, 11) is -3.99. The number of halogens is 1. The summed E-state index contributed by atoms with van der Waals surface area (Å²) in [5.41, 5.74) is -0.574. The summed E-state index contributed by atoms with van der Waals surface area (Å²) < 4.78 is 39.0. The quantitative estimate of drug-likeness (QED) is 0.784. The van der Waals surface area contributed by atoms with E-state index in [1.54, 1.807) is 18.2 Å². The second-order valence-electron chi connectivity index (χ2n) is 4.39. The molecule has 0 saturated heterocycles. The molecule has 2 aromatic carbocycles. The van der Waals surface area contributed by atoms with Crippen LogP contribution in [0.5, 0.6) is 0 Å². The normalized spacial score (nSPS) is 11.7. The van der Waals surface area contributed by atoms with Crippen molar-refractivity contribution in [3.63, 3.8) is 0 Å². The average Bonchev–Trinajstić information content (AvgIpc) is 2.48. The molecule has 0 atom stereocenters. The highest BCUT2D eigenvalue weighted by atomic mass is 32.2. The Morgan fingerprint density at radius 1 is 1.10 bits per heavy atom. The molecule has 0 spiro atoms. The third kappa shape index (κ3) is 2.21. The van der Waals surface area contributed by atoms with Gasteiger partial charge in [0, 0.05) is 5.39 Å². The van der Waals surface area contributed by atoms with Gasteiger partial charge in [0.05, 0.1) is 16.5 Å². The number of benzene rings is 2. The van der Waals surface area contributed by atoms with Crippen LogP contribution in [0, 0.1) is 5.82 Å². The number of H-pyrrole nitrogens is 1. The van der Waals surface area contributed by atoms with Crippen molar-refractivity contribution in [2.45, 2.75) is 9.79 Å². The molecule has 7 heteroatoms. The Morgan fingerprint density at radius 2 is 1.81 bits per heavy atom. The highest BCUT2D eigenvalue weighted by Gasteiger charge is 2.22. The van der Waals surface area contributed by atoms with E-state index in [-0.39, 0.29) is 15.7 Å². The molecule has 0 unspecified atom stereocenters. The maximum absolute atomic E-state index is 14.1. The molecular formula is C14H9FN2O3S. The molecule has 0 aliphatic heterocycles. The monoisotopic (exact) mass is 304 g/mol. The number of hydrogen-bond acceptors (Lipinski definition) is 4. The Kier molecular flexibility index (Phi) is 3.06. The van der Waals surface area contributed by atoms with Gasteiger partial charge in [-0.2, -0.15) is 5.10 Å². The lowest BCUT2D eigenvalue weighted by Crippen LogP contribution is -2.10. The molecule has 0 fully saturated rings. The minimum atomic E-state index is -3.99. The van der Waals surface area contributed by atoms with Crippen molar-refractivity contribution in [2.24, 2.45) is 0 Å². The van der Waals surface area contributed by atoms with E-state index in [9.17, 15) is 17.6 Å². The molecule has 0 amide bonds. The Morgan fingerprint density at radius 3 is 2.52 bits per heavy atom. The van der Waals surface area contributed by atoms with Crippen LogP contribution in [0.25, 0.3) is 10.8 Å². The van der Waals surface area contributed by atoms with Gasteiger partial charge in [-0.15, -0.1) is 0 Å². The zero-order valence-corrected chi connectivity index (χ0v) is 11.4. The van der Waals surface area contributed by atoms with Crippen molar-refractivity contribution in [3.8, 4) is 0 Å². The van der Waals surface area contributed by atoms with Gasteiger partial charge in [-0.1, -0.05) is 18.2 Å².